The number of nitrogens with two attached hydrogens (primary N) is 1. The lowest BCUT2D eigenvalue weighted by Crippen LogP contribution is -2.13. The highest BCUT2D eigenvalue weighted by molar-refractivity contribution is 6.30. The van der Waals surface area contributed by atoms with Gasteiger partial charge in [-0.3, -0.25) is 0 Å². The van der Waals surface area contributed by atoms with Gasteiger partial charge in [-0.2, -0.15) is 4.68 Å². The topological polar surface area (TPSA) is 74.0 Å². The standard InChI is InChI=1S/C9H8ClN3O2/c10-6-1-3-7(4-2-6)13-9(14)15-8(5-11)12-13/h1-4H,5,11H2. The van der Waals surface area contributed by atoms with Gasteiger partial charge in [-0.1, -0.05) is 11.6 Å². The fraction of sp³-hybridized carbons (Fsp3) is 0.111. The third-order valence-corrected chi connectivity index (χ3v) is 2.09. The van der Waals surface area contributed by atoms with Crippen LogP contribution in [0.5, 0.6) is 0 Å². The summed E-state index contributed by atoms with van der Waals surface area (Å²) in [5.41, 5.74) is 5.90. The Labute approximate surface area is 90.1 Å². The number of nitrogens with zero attached hydrogens (tertiary/aromatic N) is 2. The monoisotopic (exact) mass is 225 g/mol. The number of benzene rings is 1. The molecular formula is C9H8ClN3O2. The average molecular weight is 226 g/mol. The van der Waals surface area contributed by atoms with Crippen molar-refractivity contribution in [1.29, 1.82) is 0 Å². The molecule has 0 fully saturated rings. The van der Waals surface area contributed by atoms with Gasteiger partial charge in [0.05, 0.1) is 12.2 Å². The van der Waals surface area contributed by atoms with Crippen LogP contribution in [0.3, 0.4) is 0 Å². The average Bonchev–Trinajstić information content (AvgIpc) is 2.61. The first-order chi connectivity index (χ1) is 7.20. The maximum atomic E-state index is 11.3. The Bertz CT molecular complexity index is 515. The molecular weight excluding hydrogens is 218 g/mol. The van der Waals surface area contributed by atoms with Gasteiger partial charge in [0.2, 0.25) is 5.89 Å². The molecule has 1 heterocycles. The van der Waals surface area contributed by atoms with E-state index in [9.17, 15) is 4.79 Å². The minimum atomic E-state index is -0.558. The van der Waals surface area contributed by atoms with E-state index < -0.39 is 5.76 Å². The maximum absolute atomic E-state index is 11.3. The summed E-state index contributed by atoms with van der Waals surface area (Å²) in [4.78, 5) is 11.3. The minimum Gasteiger partial charge on any atom is -0.391 e. The molecule has 15 heavy (non-hydrogen) atoms. The summed E-state index contributed by atoms with van der Waals surface area (Å²) < 4.78 is 5.92. The Hall–Kier alpha value is -1.59. The minimum absolute atomic E-state index is 0.0931. The van der Waals surface area contributed by atoms with Crippen LogP contribution in [0, 0.1) is 0 Å². The molecule has 78 valence electrons. The van der Waals surface area contributed by atoms with Crippen molar-refractivity contribution in [1.82, 2.24) is 9.78 Å². The molecule has 0 aliphatic rings. The zero-order chi connectivity index (χ0) is 10.8. The van der Waals surface area contributed by atoms with Gasteiger partial charge in [-0.05, 0) is 24.3 Å². The van der Waals surface area contributed by atoms with Gasteiger partial charge in [0.15, 0.2) is 0 Å². The molecule has 0 spiro atoms. The van der Waals surface area contributed by atoms with Crippen molar-refractivity contribution in [3.63, 3.8) is 0 Å². The van der Waals surface area contributed by atoms with Crippen LogP contribution in [0.2, 0.25) is 5.02 Å². The van der Waals surface area contributed by atoms with Crippen molar-refractivity contribution in [3.05, 3.63) is 45.7 Å². The number of aromatic nitrogens is 2. The van der Waals surface area contributed by atoms with Crippen molar-refractivity contribution in [2.45, 2.75) is 6.54 Å². The van der Waals surface area contributed by atoms with Crippen LogP contribution in [0.1, 0.15) is 5.89 Å². The van der Waals surface area contributed by atoms with Gasteiger partial charge in [0.25, 0.3) is 0 Å². The summed E-state index contributed by atoms with van der Waals surface area (Å²) in [6.45, 7) is 0.0931. The summed E-state index contributed by atoms with van der Waals surface area (Å²) in [6, 6.07) is 6.68. The summed E-state index contributed by atoms with van der Waals surface area (Å²) in [5, 5.41) is 4.49. The maximum Gasteiger partial charge on any atom is 0.442 e. The molecule has 2 aromatic rings. The molecule has 2 N–H and O–H groups in total. The predicted octanol–water partition coefficient (Wildman–Crippen LogP) is 0.938. The van der Waals surface area contributed by atoms with Crippen LogP contribution in [-0.4, -0.2) is 9.78 Å². The lowest BCUT2D eigenvalue weighted by Gasteiger charge is -1.96. The molecule has 0 saturated heterocycles. The Morgan fingerprint density at radius 1 is 1.40 bits per heavy atom. The van der Waals surface area contributed by atoms with E-state index in [1.165, 1.54) is 0 Å². The Morgan fingerprint density at radius 3 is 2.60 bits per heavy atom. The highest BCUT2D eigenvalue weighted by Gasteiger charge is 2.07. The summed E-state index contributed by atoms with van der Waals surface area (Å²) in [5.74, 6) is -0.354. The zero-order valence-corrected chi connectivity index (χ0v) is 8.44. The van der Waals surface area contributed by atoms with E-state index in [0.717, 1.165) is 4.68 Å². The van der Waals surface area contributed by atoms with Crippen molar-refractivity contribution < 1.29 is 4.42 Å². The fourth-order valence-corrected chi connectivity index (χ4v) is 1.27. The van der Waals surface area contributed by atoms with E-state index in [4.69, 9.17) is 21.8 Å². The second kappa shape index (κ2) is 3.88. The van der Waals surface area contributed by atoms with E-state index in [-0.39, 0.29) is 12.4 Å². The van der Waals surface area contributed by atoms with Crippen LogP contribution in [0.15, 0.2) is 33.5 Å². The van der Waals surface area contributed by atoms with E-state index in [1.54, 1.807) is 24.3 Å². The molecule has 2 rings (SSSR count). The van der Waals surface area contributed by atoms with Crippen molar-refractivity contribution >= 4 is 11.6 Å². The second-order valence-corrected chi connectivity index (χ2v) is 3.29. The first-order valence-electron chi connectivity index (χ1n) is 4.26. The van der Waals surface area contributed by atoms with Gasteiger partial charge in [-0.25, -0.2) is 4.79 Å². The van der Waals surface area contributed by atoms with E-state index >= 15 is 0 Å². The molecule has 0 aliphatic carbocycles. The normalized spacial score (nSPS) is 10.5. The highest BCUT2D eigenvalue weighted by Crippen LogP contribution is 2.11. The van der Waals surface area contributed by atoms with Gasteiger partial charge in [0, 0.05) is 5.02 Å². The summed E-state index contributed by atoms with van der Waals surface area (Å²) >= 11 is 5.72. The third-order valence-electron chi connectivity index (χ3n) is 1.84. The molecule has 0 radical (unpaired) electrons. The quantitative estimate of drug-likeness (QED) is 0.826. The first kappa shape index (κ1) is 9.95. The molecule has 6 heteroatoms. The molecule has 0 atom stereocenters. The third kappa shape index (κ3) is 1.93. The Morgan fingerprint density at radius 2 is 2.07 bits per heavy atom. The van der Waals surface area contributed by atoms with E-state index in [0.29, 0.717) is 10.7 Å². The zero-order valence-electron chi connectivity index (χ0n) is 7.68. The summed E-state index contributed by atoms with van der Waals surface area (Å²) in [7, 11) is 0. The van der Waals surface area contributed by atoms with Gasteiger partial charge >= 0.3 is 5.76 Å². The number of hydrogen-bond donors (Lipinski definition) is 1. The van der Waals surface area contributed by atoms with Crippen LogP contribution >= 0.6 is 11.6 Å². The molecule has 0 unspecified atom stereocenters. The molecule has 1 aromatic carbocycles. The van der Waals surface area contributed by atoms with Crippen LogP contribution < -0.4 is 11.5 Å². The molecule has 1 aromatic heterocycles. The van der Waals surface area contributed by atoms with Crippen molar-refractivity contribution in [3.8, 4) is 5.69 Å². The molecule has 0 saturated carbocycles. The number of rotatable bonds is 2. The lowest BCUT2D eigenvalue weighted by molar-refractivity contribution is 0.460. The van der Waals surface area contributed by atoms with Crippen LogP contribution in [0.4, 0.5) is 0 Å². The van der Waals surface area contributed by atoms with E-state index in [2.05, 4.69) is 5.10 Å². The molecule has 0 amide bonds. The smallest absolute Gasteiger partial charge is 0.391 e. The number of halogens is 1. The van der Waals surface area contributed by atoms with Crippen LogP contribution in [-0.2, 0) is 6.54 Å². The molecule has 0 bridgehead atoms. The van der Waals surface area contributed by atoms with Gasteiger partial charge in [-0.15, -0.1) is 5.10 Å². The molecule has 5 nitrogen and oxygen atoms in total. The highest BCUT2D eigenvalue weighted by atomic mass is 35.5. The fourth-order valence-electron chi connectivity index (χ4n) is 1.14. The Kier molecular flexibility index (Phi) is 2.57. The van der Waals surface area contributed by atoms with E-state index in [1.807, 2.05) is 0 Å². The second-order valence-electron chi connectivity index (χ2n) is 2.85. The van der Waals surface area contributed by atoms with Crippen molar-refractivity contribution in [2.24, 2.45) is 5.73 Å². The predicted molar refractivity (Wildman–Crippen MR) is 55.0 cm³/mol. The molecule has 0 aliphatic heterocycles. The SMILES string of the molecule is NCc1nn(-c2ccc(Cl)cc2)c(=O)o1. The largest absolute Gasteiger partial charge is 0.442 e. The summed E-state index contributed by atoms with van der Waals surface area (Å²) in [6.07, 6.45) is 0. The van der Waals surface area contributed by atoms with Crippen LogP contribution in [0.25, 0.3) is 5.69 Å². The lowest BCUT2D eigenvalue weighted by atomic mass is 10.3. The number of hydrogen-bond acceptors (Lipinski definition) is 4. The van der Waals surface area contributed by atoms with Gasteiger partial charge < -0.3 is 10.2 Å². The Balaban J connectivity index is 2.49. The van der Waals surface area contributed by atoms with Crippen molar-refractivity contribution in [2.75, 3.05) is 0 Å². The first-order valence-corrected chi connectivity index (χ1v) is 4.63. The van der Waals surface area contributed by atoms with Gasteiger partial charge in [0.1, 0.15) is 0 Å².